The third-order valence-electron chi connectivity index (χ3n) is 5.62. The van der Waals surface area contributed by atoms with Crippen LogP contribution in [0.15, 0.2) is 18.2 Å². The van der Waals surface area contributed by atoms with Gasteiger partial charge in [-0.1, -0.05) is 26.8 Å². The van der Waals surface area contributed by atoms with Gasteiger partial charge in [0.15, 0.2) is 0 Å². The molecule has 1 aliphatic carbocycles. The summed E-state index contributed by atoms with van der Waals surface area (Å²) in [5, 5.41) is 2.87. The highest BCUT2D eigenvalue weighted by Crippen LogP contribution is 2.46. The maximum absolute atomic E-state index is 13.0. The number of ether oxygens (including phenoxy) is 1. The van der Waals surface area contributed by atoms with Crippen LogP contribution in [-0.2, 0) is 9.59 Å². The fraction of sp³-hybridized carbons (Fsp3) is 0.571. The lowest BCUT2D eigenvalue weighted by molar-refractivity contribution is -0.142. The second kappa shape index (κ2) is 6.66. The van der Waals surface area contributed by atoms with E-state index < -0.39 is 17.5 Å². The minimum absolute atomic E-state index is 0.0451. The van der Waals surface area contributed by atoms with Crippen molar-refractivity contribution < 1.29 is 19.1 Å². The lowest BCUT2D eigenvalue weighted by Crippen LogP contribution is -2.54. The van der Waals surface area contributed by atoms with E-state index >= 15 is 0 Å². The Morgan fingerprint density at radius 1 is 1.22 bits per heavy atom. The zero-order valence-electron chi connectivity index (χ0n) is 16.7. The minimum atomic E-state index is -0.904. The molecule has 2 atom stereocenters. The number of esters is 1. The maximum atomic E-state index is 13.0. The summed E-state index contributed by atoms with van der Waals surface area (Å²) in [6, 6.07) is 4.83. The topological polar surface area (TPSA) is 75.7 Å². The maximum Gasteiger partial charge on any atom is 0.331 e. The summed E-state index contributed by atoms with van der Waals surface area (Å²) in [4.78, 5) is 38.8. The summed E-state index contributed by atoms with van der Waals surface area (Å²) in [6.07, 6.45) is 2.19. The van der Waals surface area contributed by atoms with Gasteiger partial charge in [0.2, 0.25) is 0 Å². The number of hydrogen-bond donors (Lipinski definition) is 1. The van der Waals surface area contributed by atoms with Gasteiger partial charge in [-0.2, -0.15) is 0 Å². The van der Waals surface area contributed by atoms with E-state index in [0.717, 1.165) is 22.4 Å². The number of benzene rings is 1. The van der Waals surface area contributed by atoms with Gasteiger partial charge in [-0.3, -0.25) is 9.69 Å². The van der Waals surface area contributed by atoms with Crippen LogP contribution in [0.1, 0.15) is 51.2 Å². The SMILES string of the molecule is Cc1ccc(OC(=O)CN2C(=O)N[C@]3(C[C@@H](C)CC(C)(C)C3)C2=O)cc1C. The lowest BCUT2D eigenvalue weighted by atomic mass is 9.64. The zero-order valence-corrected chi connectivity index (χ0v) is 16.7. The Hall–Kier alpha value is -2.37. The molecule has 1 aromatic carbocycles. The van der Waals surface area contributed by atoms with Crippen molar-refractivity contribution >= 4 is 17.9 Å². The summed E-state index contributed by atoms with van der Waals surface area (Å²) in [6.45, 7) is 9.84. The van der Waals surface area contributed by atoms with Gasteiger partial charge in [0.05, 0.1) is 0 Å². The molecule has 1 spiro atoms. The molecule has 1 aromatic rings. The van der Waals surface area contributed by atoms with Crippen LogP contribution in [0.5, 0.6) is 5.75 Å². The van der Waals surface area contributed by atoms with Crippen LogP contribution < -0.4 is 10.1 Å². The van der Waals surface area contributed by atoms with Gasteiger partial charge in [-0.25, -0.2) is 9.59 Å². The number of rotatable bonds is 3. The molecule has 2 aliphatic rings. The first-order valence-electron chi connectivity index (χ1n) is 9.43. The molecule has 0 radical (unpaired) electrons. The van der Waals surface area contributed by atoms with Crippen molar-refractivity contribution in [3.05, 3.63) is 29.3 Å². The molecule has 27 heavy (non-hydrogen) atoms. The Morgan fingerprint density at radius 2 is 1.93 bits per heavy atom. The van der Waals surface area contributed by atoms with Crippen LogP contribution in [0.2, 0.25) is 0 Å². The van der Waals surface area contributed by atoms with Crippen LogP contribution in [0.3, 0.4) is 0 Å². The fourth-order valence-electron chi connectivity index (χ4n) is 4.72. The molecule has 0 bridgehead atoms. The average molecular weight is 372 g/mol. The molecule has 146 valence electrons. The van der Waals surface area contributed by atoms with E-state index in [1.807, 2.05) is 19.9 Å². The number of imide groups is 1. The van der Waals surface area contributed by atoms with Gasteiger partial charge < -0.3 is 10.1 Å². The van der Waals surface area contributed by atoms with Crippen LogP contribution in [0.25, 0.3) is 0 Å². The third-order valence-corrected chi connectivity index (χ3v) is 5.62. The number of carbonyl (C=O) groups excluding carboxylic acids is 3. The summed E-state index contributed by atoms with van der Waals surface area (Å²) in [7, 11) is 0. The Kier molecular flexibility index (Phi) is 4.78. The Morgan fingerprint density at radius 3 is 2.56 bits per heavy atom. The van der Waals surface area contributed by atoms with Crippen molar-refractivity contribution in [2.45, 2.75) is 59.4 Å². The molecule has 1 saturated heterocycles. The Bertz CT molecular complexity index is 801. The van der Waals surface area contributed by atoms with Gasteiger partial charge in [-0.05, 0) is 67.7 Å². The molecule has 1 aliphatic heterocycles. The second-order valence-electron chi connectivity index (χ2n) is 8.98. The van der Waals surface area contributed by atoms with Crippen molar-refractivity contribution in [2.75, 3.05) is 6.54 Å². The van der Waals surface area contributed by atoms with Gasteiger partial charge in [0.25, 0.3) is 5.91 Å². The Balaban J connectivity index is 1.72. The highest BCUT2D eigenvalue weighted by atomic mass is 16.5. The smallest absolute Gasteiger partial charge is 0.331 e. The van der Waals surface area contributed by atoms with Crippen molar-refractivity contribution in [3.63, 3.8) is 0 Å². The predicted octanol–water partition coefficient (Wildman–Crippen LogP) is 3.35. The number of amides is 3. The molecule has 3 rings (SSSR count). The number of carbonyl (C=O) groups is 3. The average Bonchev–Trinajstić information content (AvgIpc) is 2.72. The monoisotopic (exact) mass is 372 g/mol. The number of hydrogen-bond acceptors (Lipinski definition) is 4. The molecule has 1 saturated carbocycles. The van der Waals surface area contributed by atoms with Crippen molar-refractivity contribution in [3.8, 4) is 5.75 Å². The summed E-state index contributed by atoms with van der Waals surface area (Å²) in [5.74, 6) is -0.205. The largest absolute Gasteiger partial charge is 0.425 e. The first-order chi connectivity index (χ1) is 12.5. The van der Waals surface area contributed by atoms with E-state index in [-0.39, 0.29) is 17.9 Å². The van der Waals surface area contributed by atoms with Crippen LogP contribution in [0.4, 0.5) is 4.79 Å². The number of aryl methyl sites for hydroxylation is 2. The van der Waals surface area contributed by atoms with E-state index in [0.29, 0.717) is 24.5 Å². The van der Waals surface area contributed by atoms with Crippen LogP contribution in [0, 0.1) is 25.2 Å². The van der Waals surface area contributed by atoms with Gasteiger partial charge in [0.1, 0.15) is 17.8 Å². The number of urea groups is 1. The molecular weight excluding hydrogens is 344 g/mol. The standard InChI is InChI=1S/C21H28N2O4/c1-13-9-20(4,5)12-21(10-13)18(25)23(19(26)22-21)11-17(24)27-16-7-6-14(2)15(3)8-16/h6-8,13H,9-12H2,1-5H3,(H,22,26)/t13-,21-/m0/s1. The first kappa shape index (κ1) is 19.4. The molecule has 6 heteroatoms. The van der Waals surface area contributed by atoms with E-state index in [4.69, 9.17) is 4.74 Å². The van der Waals surface area contributed by atoms with Crippen molar-refractivity contribution in [1.82, 2.24) is 10.2 Å². The van der Waals surface area contributed by atoms with E-state index in [2.05, 4.69) is 26.1 Å². The third kappa shape index (κ3) is 3.84. The van der Waals surface area contributed by atoms with Crippen LogP contribution in [-0.4, -0.2) is 34.9 Å². The summed E-state index contributed by atoms with van der Waals surface area (Å²) in [5.41, 5.74) is 1.16. The predicted molar refractivity (Wildman–Crippen MR) is 101 cm³/mol. The minimum Gasteiger partial charge on any atom is -0.425 e. The van der Waals surface area contributed by atoms with Crippen LogP contribution >= 0.6 is 0 Å². The van der Waals surface area contributed by atoms with Gasteiger partial charge in [0, 0.05) is 0 Å². The highest BCUT2D eigenvalue weighted by Gasteiger charge is 2.56. The van der Waals surface area contributed by atoms with Gasteiger partial charge in [-0.15, -0.1) is 0 Å². The Labute approximate surface area is 160 Å². The molecule has 0 unspecified atom stereocenters. The fourth-order valence-corrected chi connectivity index (χ4v) is 4.72. The van der Waals surface area contributed by atoms with Crippen molar-refractivity contribution in [2.24, 2.45) is 11.3 Å². The molecule has 3 amide bonds. The molecular formula is C21H28N2O4. The second-order valence-corrected chi connectivity index (χ2v) is 8.98. The summed E-state index contributed by atoms with van der Waals surface area (Å²) >= 11 is 0. The quantitative estimate of drug-likeness (QED) is 0.502. The molecule has 1 heterocycles. The lowest BCUT2D eigenvalue weighted by Gasteiger charge is -2.43. The van der Waals surface area contributed by atoms with E-state index in [1.165, 1.54) is 0 Å². The van der Waals surface area contributed by atoms with Gasteiger partial charge >= 0.3 is 12.0 Å². The molecule has 0 aromatic heterocycles. The number of nitrogens with zero attached hydrogens (tertiary/aromatic N) is 1. The van der Waals surface area contributed by atoms with Crippen molar-refractivity contribution in [1.29, 1.82) is 0 Å². The summed E-state index contributed by atoms with van der Waals surface area (Å²) < 4.78 is 5.33. The molecule has 1 N–H and O–H groups in total. The highest BCUT2D eigenvalue weighted by molar-refractivity contribution is 6.08. The normalized spacial score (nSPS) is 27.0. The number of nitrogens with one attached hydrogen (secondary N) is 1. The van der Waals surface area contributed by atoms with E-state index in [1.54, 1.807) is 12.1 Å². The van der Waals surface area contributed by atoms with E-state index in [9.17, 15) is 14.4 Å². The molecule has 6 nitrogen and oxygen atoms in total. The first-order valence-corrected chi connectivity index (χ1v) is 9.43. The molecule has 2 fully saturated rings. The zero-order chi connectivity index (χ0) is 20.0.